The minimum absolute atomic E-state index is 0.0113. The molecule has 1 heterocycles. The molecule has 0 amide bonds. The maximum absolute atomic E-state index is 5.99. The van der Waals surface area contributed by atoms with Gasteiger partial charge < -0.3 is 10.1 Å². The molecule has 0 aliphatic rings. The molecule has 1 atom stereocenters. The number of methoxy groups -OCH3 is 1. The van der Waals surface area contributed by atoms with Gasteiger partial charge in [-0.1, -0.05) is 0 Å². The fourth-order valence-corrected chi connectivity index (χ4v) is 1.59. The van der Waals surface area contributed by atoms with E-state index >= 15 is 0 Å². The van der Waals surface area contributed by atoms with E-state index in [1.807, 2.05) is 16.9 Å². The molecule has 0 saturated carbocycles. The maximum Gasteiger partial charge on any atom is 0.0762 e. The second-order valence-electron chi connectivity index (χ2n) is 4.06. The second kappa shape index (κ2) is 6.89. The van der Waals surface area contributed by atoms with Crippen LogP contribution in [0.2, 0.25) is 0 Å². The van der Waals surface area contributed by atoms with Crippen LogP contribution in [0.3, 0.4) is 0 Å². The van der Waals surface area contributed by atoms with Crippen molar-refractivity contribution in [3.05, 3.63) is 18.0 Å². The Morgan fingerprint density at radius 2 is 2.31 bits per heavy atom. The fourth-order valence-electron chi connectivity index (χ4n) is 1.36. The highest BCUT2D eigenvalue weighted by atomic mass is 35.5. The molecule has 1 aromatic rings. The number of alkyl halides is 1. The lowest BCUT2D eigenvalue weighted by molar-refractivity contribution is 0.197. The molecule has 1 rings (SSSR count). The van der Waals surface area contributed by atoms with Gasteiger partial charge in [-0.3, -0.25) is 4.68 Å². The van der Waals surface area contributed by atoms with E-state index in [0.29, 0.717) is 12.6 Å². The van der Waals surface area contributed by atoms with E-state index < -0.39 is 0 Å². The van der Waals surface area contributed by atoms with Crippen molar-refractivity contribution < 1.29 is 4.74 Å². The first-order valence-corrected chi connectivity index (χ1v) is 5.95. The molecule has 16 heavy (non-hydrogen) atoms. The lowest BCUT2D eigenvalue weighted by Crippen LogP contribution is -2.26. The van der Waals surface area contributed by atoms with E-state index in [-0.39, 0.29) is 5.38 Å². The van der Waals surface area contributed by atoms with Crippen molar-refractivity contribution in [3.8, 4) is 0 Å². The summed E-state index contributed by atoms with van der Waals surface area (Å²) >= 11 is 5.99. The van der Waals surface area contributed by atoms with E-state index in [4.69, 9.17) is 16.3 Å². The number of aromatic nitrogens is 2. The third-order valence-electron chi connectivity index (χ3n) is 2.21. The quantitative estimate of drug-likeness (QED) is 0.745. The normalized spacial score (nSPS) is 13.3. The molecule has 0 bridgehead atoms. The van der Waals surface area contributed by atoms with Crippen molar-refractivity contribution in [2.24, 2.45) is 0 Å². The van der Waals surface area contributed by atoms with E-state index in [0.717, 1.165) is 18.8 Å². The van der Waals surface area contributed by atoms with Crippen LogP contribution >= 0.6 is 11.6 Å². The molecule has 1 N–H and O–H groups in total. The largest absolute Gasteiger partial charge is 0.383 e. The van der Waals surface area contributed by atoms with E-state index in [1.165, 1.54) is 0 Å². The topological polar surface area (TPSA) is 39.1 Å². The summed E-state index contributed by atoms with van der Waals surface area (Å²) in [6.07, 6.45) is 2.00. The molecule has 0 aliphatic heterocycles. The van der Waals surface area contributed by atoms with Gasteiger partial charge in [0, 0.05) is 32.4 Å². The number of nitrogens with zero attached hydrogens (tertiary/aromatic N) is 2. The zero-order chi connectivity index (χ0) is 12.0. The van der Waals surface area contributed by atoms with Gasteiger partial charge in [-0.05, 0) is 19.9 Å². The number of nitrogens with one attached hydrogen (secondary N) is 1. The van der Waals surface area contributed by atoms with E-state index in [1.54, 1.807) is 7.11 Å². The van der Waals surface area contributed by atoms with Crippen molar-refractivity contribution in [3.63, 3.8) is 0 Å². The van der Waals surface area contributed by atoms with Crippen LogP contribution in [0.4, 0.5) is 0 Å². The van der Waals surface area contributed by atoms with Crippen LogP contribution in [0.5, 0.6) is 0 Å². The maximum atomic E-state index is 5.99. The summed E-state index contributed by atoms with van der Waals surface area (Å²) in [5, 5.41) is 7.69. The summed E-state index contributed by atoms with van der Waals surface area (Å²) in [4.78, 5) is 0. The number of halogens is 1. The van der Waals surface area contributed by atoms with Crippen molar-refractivity contribution >= 4 is 11.6 Å². The highest BCUT2D eigenvalue weighted by Gasteiger charge is 2.05. The molecular formula is C11H20ClN3O. The van der Waals surface area contributed by atoms with Crippen LogP contribution in [0.25, 0.3) is 0 Å². The molecule has 5 heteroatoms. The summed E-state index contributed by atoms with van der Waals surface area (Å²) in [6.45, 7) is 6.25. The summed E-state index contributed by atoms with van der Waals surface area (Å²) < 4.78 is 6.90. The average Bonchev–Trinajstić information content (AvgIpc) is 2.67. The van der Waals surface area contributed by atoms with Gasteiger partial charge in [0.15, 0.2) is 0 Å². The highest BCUT2D eigenvalue weighted by Crippen LogP contribution is 2.04. The van der Waals surface area contributed by atoms with E-state index in [9.17, 15) is 0 Å². The van der Waals surface area contributed by atoms with Crippen molar-refractivity contribution in [2.75, 3.05) is 20.3 Å². The number of ether oxygens (including phenoxy) is 1. The number of hydrogen-bond donors (Lipinski definition) is 1. The lowest BCUT2D eigenvalue weighted by atomic mass is 10.4. The molecule has 92 valence electrons. The lowest BCUT2D eigenvalue weighted by Gasteiger charge is -2.08. The molecule has 0 radical (unpaired) electrons. The Morgan fingerprint density at radius 3 is 2.88 bits per heavy atom. The number of rotatable bonds is 7. The zero-order valence-corrected chi connectivity index (χ0v) is 10.9. The average molecular weight is 246 g/mol. The minimum atomic E-state index is 0.0113. The van der Waals surface area contributed by atoms with Gasteiger partial charge in [0.25, 0.3) is 0 Å². The zero-order valence-electron chi connectivity index (χ0n) is 10.1. The van der Waals surface area contributed by atoms with Gasteiger partial charge in [-0.2, -0.15) is 5.10 Å². The van der Waals surface area contributed by atoms with Gasteiger partial charge in [0.2, 0.25) is 0 Å². The Hall–Kier alpha value is -0.580. The van der Waals surface area contributed by atoms with Crippen LogP contribution in [-0.2, 0) is 11.3 Å². The Bertz CT molecular complexity index is 301. The predicted molar refractivity (Wildman–Crippen MR) is 65.8 cm³/mol. The van der Waals surface area contributed by atoms with Crippen molar-refractivity contribution in [1.29, 1.82) is 0 Å². The summed E-state index contributed by atoms with van der Waals surface area (Å²) in [5.74, 6) is 0. The molecule has 0 spiro atoms. The van der Waals surface area contributed by atoms with Gasteiger partial charge >= 0.3 is 0 Å². The third kappa shape index (κ3) is 4.51. The molecule has 1 unspecified atom stereocenters. The van der Waals surface area contributed by atoms with Crippen LogP contribution in [0, 0.1) is 0 Å². The smallest absolute Gasteiger partial charge is 0.0762 e. The molecule has 0 saturated heterocycles. The summed E-state index contributed by atoms with van der Waals surface area (Å²) in [7, 11) is 1.65. The third-order valence-corrected chi connectivity index (χ3v) is 2.49. The summed E-state index contributed by atoms with van der Waals surface area (Å²) in [5.41, 5.74) is 1.04. The van der Waals surface area contributed by atoms with E-state index in [2.05, 4.69) is 24.3 Å². The van der Waals surface area contributed by atoms with Crippen molar-refractivity contribution in [2.45, 2.75) is 31.8 Å². The number of hydrogen-bond acceptors (Lipinski definition) is 3. The van der Waals surface area contributed by atoms with Gasteiger partial charge in [0.1, 0.15) is 0 Å². The molecule has 0 aromatic carbocycles. The second-order valence-corrected chi connectivity index (χ2v) is 4.68. The molecule has 4 nitrogen and oxygen atoms in total. The molecule has 1 aromatic heterocycles. The Labute approximate surface area is 102 Å². The molecule has 0 aliphatic carbocycles. The van der Waals surface area contributed by atoms with Gasteiger partial charge in [-0.15, -0.1) is 11.6 Å². The monoisotopic (exact) mass is 245 g/mol. The first-order chi connectivity index (χ1) is 7.63. The van der Waals surface area contributed by atoms with Crippen LogP contribution in [0.15, 0.2) is 12.3 Å². The first kappa shape index (κ1) is 13.5. The van der Waals surface area contributed by atoms with Crippen LogP contribution < -0.4 is 5.32 Å². The summed E-state index contributed by atoms with van der Waals surface area (Å²) in [6, 6.07) is 2.43. The Balaban J connectivity index is 2.26. The SMILES string of the molecule is COCC(Cl)CNCc1ccn(C(C)C)n1. The van der Waals surface area contributed by atoms with Gasteiger partial charge in [0.05, 0.1) is 17.7 Å². The highest BCUT2D eigenvalue weighted by molar-refractivity contribution is 6.20. The van der Waals surface area contributed by atoms with Crippen LogP contribution in [-0.4, -0.2) is 35.4 Å². The molecular weight excluding hydrogens is 226 g/mol. The van der Waals surface area contributed by atoms with Crippen LogP contribution in [0.1, 0.15) is 25.6 Å². The first-order valence-electron chi connectivity index (χ1n) is 5.51. The molecule has 0 fully saturated rings. The predicted octanol–water partition coefficient (Wildman–Crippen LogP) is 1.81. The standard InChI is InChI=1S/C11H20ClN3O/c1-9(2)15-5-4-11(14-15)7-13-6-10(12)8-16-3/h4-5,9-10,13H,6-8H2,1-3H3. The Morgan fingerprint density at radius 1 is 1.56 bits per heavy atom. The minimum Gasteiger partial charge on any atom is -0.383 e. The fraction of sp³-hybridized carbons (Fsp3) is 0.727. The van der Waals surface area contributed by atoms with Crippen molar-refractivity contribution in [1.82, 2.24) is 15.1 Å². The van der Waals surface area contributed by atoms with Gasteiger partial charge in [-0.25, -0.2) is 0 Å². The Kier molecular flexibility index (Phi) is 5.80.